The fraction of sp³-hybridized carbons (Fsp3) is 0.250. The van der Waals surface area contributed by atoms with Gasteiger partial charge in [0, 0.05) is 4.90 Å². The van der Waals surface area contributed by atoms with Gasteiger partial charge < -0.3 is 4.55 Å². The second-order valence-electron chi connectivity index (χ2n) is 2.24. The van der Waals surface area contributed by atoms with Crippen molar-refractivity contribution >= 4 is 11.1 Å². The van der Waals surface area contributed by atoms with E-state index in [1.165, 1.54) is 0 Å². The fourth-order valence-corrected chi connectivity index (χ4v) is 1.31. The standard InChI is InChI=1S/C8H10O2S.K/c1-2-7-4-3-5-8(6-7)11(9)10;/h3-6H,2H2,1H3,(H,9,10);/q;+1/p-1. The average molecular weight is 208 g/mol. The summed E-state index contributed by atoms with van der Waals surface area (Å²) in [5.41, 5.74) is 1.05. The molecule has 0 aliphatic heterocycles. The van der Waals surface area contributed by atoms with Gasteiger partial charge in [0.1, 0.15) is 0 Å². The molecule has 0 saturated heterocycles. The van der Waals surface area contributed by atoms with Crippen LogP contribution in [0.25, 0.3) is 0 Å². The van der Waals surface area contributed by atoms with Crippen molar-refractivity contribution in [2.45, 2.75) is 18.2 Å². The number of hydrogen-bond acceptors (Lipinski definition) is 2. The summed E-state index contributed by atoms with van der Waals surface area (Å²) < 4.78 is 20.9. The Kier molecular flexibility index (Phi) is 6.94. The summed E-state index contributed by atoms with van der Waals surface area (Å²) in [5, 5.41) is 0. The van der Waals surface area contributed by atoms with Crippen molar-refractivity contribution in [2.24, 2.45) is 0 Å². The van der Waals surface area contributed by atoms with Crippen molar-refractivity contribution < 1.29 is 60.1 Å². The SMILES string of the molecule is CCc1cccc(S(=O)[O-])c1.[K+]. The monoisotopic (exact) mass is 208 g/mol. The van der Waals surface area contributed by atoms with E-state index in [1.807, 2.05) is 13.0 Å². The Balaban J connectivity index is 0.00000121. The quantitative estimate of drug-likeness (QED) is 0.438. The minimum absolute atomic E-state index is 0. The molecule has 0 amide bonds. The van der Waals surface area contributed by atoms with Crippen LogP contribution in [0, 0.1) is 0 Å². The molecule has 1 aromatic rings. The second-order valence-corrected chi connectivity index (χ2v) is 3.18. The molecule has 0 fully saturated rings. The van der Waals surface area contributed by atoms with Gasteiger partial charge in [-0.2, -0.15) is 0 Å². The number of benzene rings is 1. The van der Waals surface area contributed by atoms with Crippen LogP contribution in [-0.4, -0.2) is 8.76 Å². The zero-order valence-electron chi connectivity index (χ0n) is 7.24. The smallest absolute Gasteiger partial charge is 0.768 e. The zero-order valence-corrected chi connectivity index (χ0v) is 11.2. The maximum atomic E-state index is 10.5. The first-order valence-corrected chi connectivity index (χ1v) is 4.49. The molecule has 1 aromatic carbocycles. The van der Waals surface area contributed by atoms with E-state index in [2.05, 4.69) is 0 Å². The molecule has 0 heterocycles. The van der Waals surface area contributed by atoms with E-state index in [4.69, 9.17) is 0 Å². The van der Waals surface area contributed by atoms with Crippen LogP contribution in [0.4, 0.5) is 0 Å². The van der Waals surface area contributed by atoms with Gasteiger partial charge in [0.15, 0.2) is 0 Å². The van der Waals surface area contributed by atoms with Crippen LogP contribution in [0.3, 0.4) is 0 Å². The summed E-state index contributed by atoms with van der Waals surface area (Å²) in [6, 6.07) is 6.94. The number of hydrogen-bond donors (Lipinski definition) is 0. The van der Waals surface area contributed by atoms with Gasteiger partial charge in [-0.05, 0) is 35.2 Å². The number of aryl methyl sites for hydroxylation is 1. The zero-order chi connectivity index (χ0) is 8.27. The maximum Gasteiger partial charge on any atom is 1.00 e. The van der Waals surface area contributed by atoms with Crippen molar-refractivity contribution in [3.63, 3.8) is 0 Å². The molecular formula is C8H9KO2S. The van der Waals surface area contributed by atoms with Gasteiger partial charge in [-0.25, -0.2) is 0 Å². The maximum absolute atomic E-state index is 10.5. The van der Waals surface area contributed by atoms with E-state index in [1.54, 1.807) is 18.2 Å². The Morgan fingerprint density at radius 1 is 1.50 bits per heavy atom. The minimum Gasteiger partial charge on any atom is -0.768 e. The van der Waals surface area contributed by atoms with Crippen molar-refractivity contribution in [3.8, 4) is 0 Å². The first-order valence-electron chi connectivity index (χ1n) is 3.42. The summed E-state index contributed by atoms with van der Waals surface area (Å²) in [6.07, 6.45) is 0.866. The topological polar surface area (TPSA) is 40.1 Å². The molecule has 1 unspecified atom stereocenters. The van der Waals surface area contributed by atoms with E-state index < -0.39 is 11.1 Å². The van der Waals surface area contributed by atoms with E-state index >= 15 is 0 Å². The van der Waals surface area contributed by atoms with Gasteiger partial charge in [0.2, 0.25) is 0 Å². The van der Waals surface area contributed by atoms with Crippen molar-refractivity contribution in [1.82, 2.24) is 0 Å². The van der Waals surface area contributed by atoms with Crippen LogP contribution in [0.15, 0.2) is 29.2 Å². The van der Waals surface area contributed by atoms with Gasteiger partial charge in [0.25, 0.3) is 0 Å². The Bertz CT molecular complexity index is 276. The van der Waals surface area contributed by atoms with Crippen molar-refractivity contribution in [3.05, 3.63) is 29.8 Å². The molecule has 0 N–H and O–H groups in total. The summed E-state index contributed by atoms with van der Waals surface area (Å²) in [5.74, 6) is 0. The van der Waals surface area contributed by atoms with Crippen LogP contribution in [0.5, 0.6) is 0 Å². The molecule has 0 aliphatic rings. The van der Waals surface area contributed by atoms with Crippen LogP contribution in [0.2, 0.25) is 0 Å². The first kappa shape index (κ1) is 13.0. The van der Waals surface area contributed by atoms with Crippen LogP contribution >= 0.6 is 0 Å². The first-order chi connectivity index (χ1) is 5.24. The molecule has 2 nitrogen and oxygen atoms in total. The molecule has 0 radical (unpaired) electrons. The molecule has 0 aliphatic carbocycles. The summed E-state index contributed by atoms with van der Waals surface area (Å²) in [7, 11) is 0. The molecule has 1 rings (SSSR count). The molecule has 4 heteroatoms. The van der Waals surface area contributed by atoms with Crippen molar-refractivity contribution in [2.75, 3.05) is 0 Å². The number of rotatable bonds is 2. The fourth-order valence-electron chi connectivity index (χ4n) is 0.869. The van der Waals surface area contributed by atoms with E-state index in [-0.39, 0.29) is 51.4 Å². The molecular weight excluding hydrogens is 199 g/mol. The van der Waals surface area contributed by atoms with Gasteiger partial charge in [-0.15, -0.1) is 0 Å². The minimum atomic E-state index is -2.09. The van der Waals surface area contributed by atoms with Crippen LogP contribution < -0.4 is 51.4 Å². The average Bonchev–Trinajstić information content (AvgIpc) is 2.05. The molecule has 0 aromatic heterocycles. The van der Waals surface area contributed by atoms with Gasteiger partial charge >= 0.3 is 51.4 Å². The van der Waals surface area contributed by atoms with Crippen molar-refractivity contribution in [1.29, 1.82) is 0 Å². The predicted molar refractivity (Wildman–Crippen MR) is 43.0 cm³/mol. The third-order valence-corrected chi connectivity index (χ3v) is 2.14. The van der Waals surface area contributed by atoms with E-state index in [0.29, 0.717) is 4.90 Å². The Morgan fingerprint density at radius 2 is 2.17 bits per heavy atom. The van der Waals surface area contributed by atoms with Gasteiger partial charge in [-0.3, -0.25) is 4.21 Å². The van der Waals surface area contributed by atoms with E-state index in [0.717, 1.165) is 12.0 Å². The molecule has 1 atom stereocenters. The predicted octanol–water partition coefficient (Wildman–Crippen LogP) is -1.51. The second kappa shape index (κ2) is 6.42. The molecule has 0 spiro atoms. The Morgan fingerprint density at radius 3 is 2.67 bits per heavy atom. The van der Waals surface area contributed by atoms with E-state index in [9.17, 15) is 8.76 Å². The summed E-state index contributed by atoms with van der Waals surface area (Å²) in [4.78, 5) is 0.365. The third kappa shape index (κ3) is 3.78. The molecule has 60 valence electrons. The third-order valence-electron chi connectivity index (χ3n) is 1.50. The molecule has 0 saturated carbocycles. The Hall–Kier alpha value is 0.966. The van der Waals surface area contributed by atoms with Gasteiger partial charge in [0.05, 0.1) is 0 Å². The summed E-state index contributed by atoms with van der Waals surface area (Å²) in [6.45, 7) is 1.99. The van der Waals surface area contributed by atoms with Crippen LogP contribution in [-0.2, 0) is 17.5 Å². The normalized spacial score (nSPS) is 11.8. The Labute approximate surface area is 117 Å². The summed E-state index contributed by atoms with van der Waals surface area (Å²) >= 11 is -2.09. The largest absolute Gasteiger partial charge is 1.00 e. The van der Waals surface area contributed by atoms with Gasteiger partial charge in [-0.1, -0.05) is 19.1 Å². The molecule has 0 bridgehead atoms. The van der Waals surface area contributed by atoms with Crippen LogP contribution in [0.1, 0.15) is 12.5 Å². The molecule has 12 heavy (non-hydrogen) atoms.